The Kier molecular flexibility index (Phi) is 4.83. The summed E-state index contributed by atoms with van der Waals surface area (Å²) in [6.07, 6.45) is 6.94. The van der Waals surface area contributed by atoms with Crippen LogP contribution < -0.4 is 5.32 Å². The largest absolute Gasteiger partial charge is 0.314 e. The van der Waals surface area contributed by atoms with E-state index in [0.29, 0.717) is 5.41 Å². The lowest BCUT2D eigenvalue weighted by Gasteiger charge is -2.42. The van der Waals surface area contributed by atoms with Crippen molar-refractivity contribution in [2.45, 2.75) is 64.8 Å². The first-order valence-electron chi connectivity index (χ1n) is 8.41. The first-order chi connectivity index (χ1) is 9.95. The van der Waals surface area contributed by atoms with Crippen molar-refractivity contribution in [3.05, 3.63) is 20.8 Å². The summed E-state index contributed by atoms with van der Waals surface area (Å²) in [6, 6.07) is 3.06. The van der Waals surface area contributed by atoms with E-state index < -0.39 is 0 Å². The second-order valence-electron chi connectivity index (χ2n) is 8.06. The molecule has 2 fully saturated rings. The third kappa shape index (κ3) is 3.92. The molecule has 0 bridgehead atoms. The van der Waals surface area contributed by atoms with Gasteiger partial charge in [0.2, 0.25) is 0 Å². The van der Waals surface area contributed by atoms with E-state index in [0.717, 1.165) is 23.8 Å². The molecule has 118 valence electrons. The van der Waals surface area contributed by atoms with Crippen LogP contribution in [-0.2, 0) is 0 Å². The second kappa shape index (κ2) is 6.33. The summed E-state index contributed by atoms with van der Waals surface area (Å²) in [5, 5.41) is 6.02. The third-order valence-electron chi connectivity index (χ3n) is 5.45. The molecule has 3 atom stereocenters. The summed E-state index contributed by atoms with van der Waals surface area (Å²) < 4.78 is 1.34. The van der Waals surface area contributed by atoms with Gasteiger partial charge in [-0.2, -0.15) is 0 Å². The molecule has 3 unspecified atom stereocenters. The van der Waals surface area contributed by atoms with Gasteiger partial charge in [-0.25, -0.2) is 0 Å². The predicted octanol–water partition coefficient (Wildman–Crippen LogP) is 5.81. The van der Waals surface area contributed by atoms with E-state index >= 15 is 0 Å². The maximum Gasteiger partial charge on any atom is 0.0317 e. The highest BCUT2D eigenvalue weighted by Crippen LogP contribution is 2.49. The van der Waals surface area contributed by atoms with Crippen LogP contribution in [0.1, 0.15) is 63.7 Å². The molecule has 2 aliphatic carbocycles. The van der Waals surface area contributed by atoms with Crippen molar-refractivity contribution in [2.24, 2.45) is 17.3 Å². The van der Waals surface area contributed by atoms with E-state index in [-0.39, 0.29) is 0 Å². The van der Waals surface area contributed by atoms with Gasteiger partial charge in [0.15, 0.2) is 0 Å². The first-order valence-corrected chi connectivity index (χ1v) is 10.1. The van der Waals surface area contributed by atoms with Crippen LogP contribution in [0.5, 0.6) is 0 Å². The quantitative estimate of drug-likeness (QED) is 0.705. The lowest BCUT2D eigenvalue weighted by Crippen LogP contribution is -2.36. The average molecular weight is 370 g/mol. The van der Waals surface area contributed by atoms with Gasteiger partial charge in [0.05, 0.1) is 0 Å². The molecule has 0 aliphatic heterocycles. The Balaban J connectivity index is 1.74. The van der Waals surface area contributed by atoms with E-state index in [9.17, 15) is 0 Å². The molecule has 0 aromatic carbocycles. The fraction of sp³-hybridized carbons (Fsp3) is 0.778. The van der Waals surface area contributed by atoms with Crippen molar-refractivity contribution in [1.29, 1.82) is 0 Å². The Morgan fingerprint density at radius 2 is 2.00 bits per heavy atom. The summed E-state index contributed by atoms with van der Waals surface area (Å²) in [4.78, 5) is 1.59. The fourth-order valence-corrected chi connectivity index (χ4v) is 5.64. The smallest absolute Gasteiger partial charge is 0.0317 e. The molecule has 0 radical (unpaired) electrons. The Morgan fingerprint density at radius 3 is 2.57 bits per heavy atom. The number of hydrogen-bond acceptors (Lipinski definition) is 2. The van der Waals surface area contributed by atoms with Gasteiger partial charge in [0.25, 0.3) is 0 Å². The van der Waals surface area contributed by atoms with Crippen LogP contribution in [0.25, 0.3) is 0 Å². The van der Waals surface area contributed by atoms with E-state index in [2.05, 4.69) is 53.5 Å². The zero-order valence-electron chi connectivity index (χ0n) is 13.5. The molecule has 2 saturated carbocycles. The van der Waals surface area contributed by atoms with Crippen molar-refractivity contribution in [3.8, 4) is 0 Å². The highest BCUT2D eigenvalue weighted by Gasteiger charge is 2.38. The number of nitrogens with one attached hydrogen (secondary N) is 1. The molecule has 1 N–H and O–H groups in total. The zero-order valence-corrected chi connectivity index (χ0v) is 15.9. The molecule has 0 saturated heterocycles. The SMILES string of the molecule is CC(C)(C)C1CCC(CNC2CC2)C(c2sccc2Br)C1. The van der Waals surface area contributed by atoms with E-state index in [1.165, 1.54) is 43.1 Å². The first kappa shape index (κ1) is 16.0. The van der Waals surface area contributed by atoms with Gasteiger partial charge < -0.3 is 5.32 Å². The molecule has 3 heteroatoms. The Bertz CT molecular complexity index is 472. The molecule has 0 spiro atoms. The van der Waals surface area contributed by atoms with Crippen molar-refractivity contribution >= 4 is 27.3 Å². The minimum atomic E-state index is 0.441. The highest BCUT2D eigenvalue weighted by atomic mass is 79.9. The molecule has 0 amide bonds. The van der Waals surface area contributed by atoms with Crippen molar-refractivity contribution in [2.75, 3.05) is 6.54 Å². The van der Waals surface area contributed by atoms with Crippen LogP contribution in [0, 0.1) is 17.3 Å². The summed E-state index contributed by atoms with van der Waals surface area (Å²) in [6.45, 7) is 8.47. The average Bonchev–Trinajstić information content (AvgIpc) is 3.16. The number of hydrogen-bond donors (Lipinski definition) is 1. The number of rotatable bonds is 4. The molecular weight excluding hydrogens is 342 g/mol. The van der Waals surface area contributed by atoms with Gasteiger partial charge >= 0.3 is 0 Å². The molecular formula is C18H28BrNS. The van der Waals surface area contributed by atoms with Crippen LogP contribution in [0.15, 0.2) is 15.9 Å². The van der Waals surface area contributed by atoms with E-state index in [4.69, 9.17) is 0 Å². The lowest BCUT2D eigenvalue weighted by atomic mass is 9.65. The van der Waals surface area contributed by atoms with Crippen LogP contribution in [-0.4, -0.2) is 12.6 Å². The Labute approximate surface area is 142 Å². The summed E-state index contributed by atoms with van der Waals surface area (Å²) in [5.74, 6) is 2.41. The van der Waals surface area contributed by atoms with Gasteiger partial charge in [-0.3, -0.25) is 0 Å². The fourth-order valence-electron chi connectivity index (χ4n) is 3.76. The highest BCUT2D eigenvalue weighted by molar-refractivity contribution is 9.10. The minimum absolute atomic E-state index is 0.441. The third-order valence-corrected chi connectivity index (χ3v) is 7.45. The zero-order chi connectivity index (χ0) is 15.0. The van der Waals surface area contributed by atoms with Gasteiger partial charge in [-0.05, 0) is 89.2 Å². The minimum Gasteiger partial charge on any atom is -0.314 e. The van der Waals surface area contributed by atoms with Crippen molar-refractivity contribution in [3.63, 3.8) is 0 Å². The van der Waals surface area contributed by atoms with Crippen LogP contribution in [0.2, 0.25) is 0 Å². The normalized spacial score (nSPS) is 30.6. The van der Waals surface area contributed by atoms with Gasteiger partial charge in [-0.15, -0.1) is 11.3 Å². The van der Waals surface area contributed by atoms with Gasteiger partial charge in [0.1, 0.15) is 0 Å². The summed E-state index contributed by atoms with van der Waals surface area (Å²) in [5.41, 5.74) is 0.441. The lowest BCUT2D eigenvalue weighted by molar-refractivity contribution is 0.130. The maximum atomic E-state index is 3.78. The van der Waals surface area contributed by atoms with Gasteiger partial charge in [0, 0.05) is 15.4 Å². The predicted molar refractivity (Wildman–Crippen MR) is 96.1 cm³/mol. The topological polar surface area (TPSA) is 12.0 Å². The monoisotopic (exact) mass is 369 g/mol. The number of halogens is 1. The summed E-state index contributed by atoms with van der Waals surface area (Å²) in [7, 11) is 0. The maximum absolute atomic E-state index is 3.78. The molecule has 1 heterocycles. The van der Waals surface area contributed by atoms with Crippen LogP contribution in [0.3, 0.4) is 0 Å². The molecule has 21 heavy (non-hydrogen) atoms. The van der Waals surface area contributed by atoms with Crippen molar-refractivity contribution in [1.82, 2.24) is 5.32 Å². The van der Waals surface area contributed by atoms with Crippen LogP contribution >= 0.6 is 27.3 Å². The van der Waals surface area contributed by atoms with Gasteiger partial charge in [-0.1, -0.05) is 20.8 Å². The summed E-state index contributed by atoms with van der Waals surface area (Å²) >= 11 is 5.73. The molecule has 1 nitrogen and oxygen atoms in total. The molecule has 1 aromatic heterocycles. The van der Waals surface area contributed by atoms with E-state index in [1.54, 1.807) is 4.88 Å². The Hall–Kier alpha value is 0.140. The van der Waals surface area contributed by atoms with Crippen molar-refractivity contribution < 1.29 is 0 Å². The standard InChI is InChI=1S/C18H28BrNS/c1-18(2,3)13-5-4-12(11-20-14-6-7-14)15(10-13)17-16(19)8-9-21-17/h8-9,12-15,20H,4-7,10-11H2,1-3H3. The second-order valence-corrected chi connectivity index (χ2v) is 9.86. The Morgan fingerprint density at radius 1 is 1.24 bits per heavy atom. The number of thiophene rings is 1. The van der Waals surface area contributed by atoms with Crippen LogP contribution in [0.4, 0.5) is 0 Å². The van der Waals surface area contributed by atoms with E-state index in [1.807, 2.05) is 11.3 Å². The molecule has 2 aliphatic rings. The molecule has 3 rings (SSSR count). The molecule has 1 aromatic rings.